The molecule has 5 rings (SSSR count). The smallest absolute Gasteiger partial charge is 0.274 e. The average Bonchev–Trinajstić information content (AvgIpc) is 3.37. The van der Waals surface area contributed by atoms with Gasteiger partial charge in [-0.2, -0.15) is 0 Å². The van der Waals surface area contributed by atoms with E-state index < -0.39 is 0 Å². The Labute approximate surface area is 173 Å². The largest absolute Gasteiger partial charge is 0.337 e. The zero-order chi connectivity index (χ0) is 19.7. The minimum atomic E-state index is 0.0618. The molecular formula is C23H33N5O. The molecule has 1 spiro atoms. The van der Waals surface area contributed by atoms with Gasteiger partial charge in [-0.15, -0.1) is 0 Å². The summed E-state index contributed by atoms with van der Waals surface area (Å²) in [6.45, 7) is 5.39. The molecule has 4 heterocycles. The second kappa shape index (κ2) is 8.05. The molecule has 0 bridgehead atoms. The fourth-order valence-electron chi connectivity index (χ4n) is 5.88. The minimum Gasteiger partial charge on any atom is -0.337 e. The van der Waals surface area contributed by atoms with Crippen molar-refractivity contribution in [2.45, 2.75) is 57.8 Å². The van der Waals surface area contributed by atoms with Gasteiger partial charge >= 0.3 is 0 Å². The van der Waals surface area contributed by atoms with E-state index in [0.29, 0.717) is 11.5 Å². The van der Waals surface area contributed by atoms with Crippen LogP contribution in [0.2, 0.25) is 0 Å². The molecule has 156 valence electrons. The molecule has 1 amide bonds. The number of imidazole rings is 1. The summed E-state index contributed by atoms with van der Waals surface area (Å²) in [4.78, 5) is 26.5. The Kier molecular flexibility index (Phi) is 5.29. The summed E-state index contributed by atoms with van der Waals surface area (Å²) < 4.78 is 1.83. The molecule has 1 unspecified atom stereocenters. The summed E-state index contributed by atoms with van der Waals surface area (Å²) in [5.74, 6) is 1.61. The summed E-state index contributed by atoms with van der Waals surface area (Å²) in [5.41, 5.74) is 0.809. The summed E-state index contributed by atoms with van der Waals surface area (Å²) in [7, 11) is 0. The van der Waals surface area contributed by atoms with Gasteiger partial charge in [-0.3, -0.25) is 9.20 Å². The number of piperidine rings is 1. The molecule has 2 saturated heterocycles. The summed E-state index contributed by atoms with van der Waals surface area (Å²) in [5, 5.41) is 0. The molecule has 1 saturated carbocycles. The predicted octanol–water partition coefficient (Wildman–Crippen LogP) is 3.63. The minimum absolute atomic E-state index is 0.0618. The maximum atomic E-state index is 13.1. The van der Waals surface area contributed by atoms with Crippen molar-refractivity contribution in [3.8, 4) is 0 Å². The molecule has 0 aromatic carbocycles. The number of carbonyl (C=O) groups is 1. The van der Waals surface area contributed by atoms with Crippen molar-refractivity contribution in [2.24, 2.45) is 11.3 Å². The highest BCUT2D eigenvalue weighted by atomic mass is 16.2. The van der Waals surface area contributed by atoms with Crippen LogP contribution in [0.5, 0.6) is 0 Å². The lowest BCUT2D eigenvalue weighted by molar-refractivity contribution is 0.0670. The molecule has 2 aromatic rings. The maximum Gasteiger partial charge on any atom is 0.274 e. The third-order valence-corrected chi connectivity index (χ3v) is 7.50. The first-order chi connectivity index (χ1) is 14.2. The molecule has 3 fully saturated rings. The van der Waals surface area contributed by atoms with Crippen molar-refractivity contribution in [3.63, 3.8) is 0 Å². The van der Waals surface area contributed by atoms with Crippen molar-refractivity contribution in [3.05, 3.63) is 30.4 Å². The molecule has 0 N–H and O–H groups in total. The van der Waals surface area contributed by atoms with Gasteiger partial charge in [0.05, 0.1) is 0 Å². The molecule has 2 aromatic heterocycles. The predicted molar refractivity (Wildman–Crippen MR) is 113 cm³/mol. The van der Waals surface area contributed by atoms with Gasteiger partial charge < -0.3 is 9.80 Å². The Hall–Kier alpha value is -1.95. The SMILES string of the molecule is O=C(c1cn2cccnc2n1)N1CCC2(CCCN(CCC3CCCCC3)C2)C1. The van der Waals surface area contributed by atoms with Crippen LogP contribution in [0.3, 0.4) is 0 Å². The molecular weight excluding hydrogens is 362 g/mol. The first-order valence-corrected chi connectivity index (χ1v) is 11.5. The van der Waals surface area contributed by atoms with Crippen molar-refractivity contribution in [1.29, 1.82) is 0 Å². The normalized spacial score (nSPS) is 26.6. The van der Waals surface area contributed by atoms with E-state index in [2.05, 4.69) is 14.9 Å². The van der Waals surface area contributed by atoms with E-state index in [1.54, 1.807) is 6.20 Å². The number of amides is 1. The second-order valence-corrected chi connectivity index (χ2v) is 9.60. The Bertz CT molecular complexity index is 825. The topological polar surface area (TPSA) is 53.7 Å². The summed E-state index contributed by atoms with van der Waals surface area (Å²) in [6, 6.07) is 1.86. The Morgan fingerprint density at radius 3 is 2.86 bits per heavy atom. The molecule has 2 aliphatic heterocycles. The van der Waals surface area contributed by atoms with Crippen molar-refractivity contribution in [2.75, 3.05) is 32.7 Å². The third kappa shape index (κ3) is 4.04. The lowest BCUT2D eigenvalue weighted by Crippen LogP contribution is -2.46. The van der Waals surface area contributed by atoms with E-state index in [4.69, 9.17) is 0 Å². The van der Waals surface area contributed by atoms with Crippen LogP contribution in [-0.4, -0.2) is 62.8 Å². The van der Waals surface area contributed by atoms with Gasteiger partial charge in [-0.05, 0) is 50.8 Å². The molecule has 0 radical (unpaired) electrons. The van der Waals surface area contributed by atoms with Gasteiger partial charge in [0.1, 0.15) is 5.69 Å². The third-order valence-electron chi connectivity index (χ3n) is 7.50. The van der Waals surface area contributed by atoms with Crippen molar-refractivity contribution < 1.29 is 4.79 Å². The number of hydrogen-bond acceptors (Lipinski definition) is 4. The van der Waals surface area contributed by atoms with Gasteiger partial charge in [0.15, 0.2) is 0 Å². The quantitative estimate of drug-likeness (QED) is 0.793. The lowest BCUT2D eigenvalue weighted by atomic mass is 9.79. The standard InChI is InChI=1S/C23H33N5O/c29-21(20-16-27-13-5-11-24-22(27)25-20)28-15-10-23(18-28)9-4-12-26(17-23)14-8-19-6-2-1-3-7-19/h5,11,13,16,19H,1-4,6-10,12,14-15,17-18H2. The van der Waals surface area contributed by atoms with Gasteiger partial charge in [-0.1, -0.05) is 32.1 Å². The first kappa shape index (κ1) is 19.0. The first-order valence-electron chi connectivity index (χ1n) is 11.5. The number of nitrogens with zero attached hydrogens (tertiary/aromatic N) is 5. The number of carbonyl (C=O) groups excluding carboxylic acids is 1. The number of likely N-dealkylation sites (tertiary alicyclic amines) is 2. The van der Waals surface area contributed by atoms with Crippen LogP contribution in [0.25, 0.3) is 5.78 Å². The Morgan fingerprint density at radius 2 is 2.00 bits per heavy atom. The van der Waals surface area contributed by atoms with E-state index in [9.17, 15) is 4.79 Å². The van der Waals surface area contributed by atoms with Gasteiger partial charge in [0.2, 0.25) is 5.78 Å². The van der Waals surface area contributed by atoms with Crippen LogP contribution in [0, 0.1) is 11.3 Å². The van der Waals surface area contributed by atoms with Gasteiger partial charge in [0, 0.05) is 43.6 Å². The van der Waals surface area contributed by atoms with Crippen LogP contribution in [-0.2, 0) is 0 Å². The lowest BCUT2D eigenvalue weighted by Gasteiger charge is -2.41. The highest BCUT2D eigenvalue weighted by Crippen LogP contribution is 2.39. The van der Waals surface area contributed by atoms with E-state index in [0.717, 1.165) is 32.0 Å². The molecule has 1 atom stereocenters. The highest BCUT2D eigenvalue weighted by molar-refractivity contribution is 5.93. The fourth-order valence-corrected chi connectivity index (χ4v) is 5.88. The molecule has 3 aliphatic rings. The Balaban J connectivity index is 1.20. The maximum absolute atomic E-state index is 13.1. The van der Waals surface area contributed by atoms with Gasteiger partial charge in [-0.25, -0.2) is 9.97 Å². The van der Waals surface area contributed by atoms with Gasteiger partial charge in [0.25, 0.3) is 5.91 Å². The molecule has 6 heteroatoms. The van der Waals surface area contributed by atoms with E-state index in [1.807, 2.05) is 27.8 Å². The van der Waals surface area contributed by atoms with E-state index in [-0.39, 0.29) is 11.3 Å². The zero-order valence-corrected chi connectivity index (χ0v) is 17.4. The summed E-state index contributed by atoms with van der Waals surface area (Å²) in [6.07, 6.45) is 17.6. The number of aromatic nitrogens is 3. The fraction of sp³-hybridized carbons (Fsp3) is 0.696. The van der Waals surface area contributed by atoms with Crippen molar-refractivity contribution >= 4 is 11.7 Å². The summed E-state index contributed by atoms with van der Waals surface area (Å²) >= 11 is 0. The van der Waals surface area contributed by atoms with Crippen LogP contribution in [0.4, 0.5) is 0 Å². The second-order valence-electron chi connectivity index (χ2n) is 9.60. The number of rotatable bonds is 4. The van der Waals surface area contributed by atoms with E-state index >= 15 is 0 Å². The van der Waals surface area contributed by atoms with Crippen LogP contribution < -0.4 is 0 Å². The average molecular weight is 396 g/mol. The highest BCUT2D eigenvalue weighted by Gasteiger charge is 2.43. The van der Waals surface area contributed by atoms with Crippen LogP contribution in [0.1, 0.15) is 68.3 Å². The Morgan fingerprint density at radius 1 is 1.10 bits per heavy atom. The van der Waals surface area contributed by atoms with Crippen LogP contribution in [0.15, 0.2) is 24.7 Å². The number of hydrogen-bond donors (Lipinski definition) is 0. The zero-order valence-electron chi connectivity index (χ0n) is 17.4. The molecule has 29 heavy (non-hydrogen) atoms. The molecule has 1 aliphatic carbocycles. The molecule has 6 nitrogen and oxygen atoms in total. The monoisotopic (exact) mass is 395 g/mol. The van der Waals surface area contributed by atoms with Crippen LogP contribution >= 0.6 is 0 Å². The van der Waals surface area contributed by atoms with Crippen molar-refractivity contribution in [1.82, 2.24) is 24.2 Å². The van der Waals surface area contributed by atoms with E-state index in [1.165, 1.54) is 64.5 Å². The number of fused-ring (bicyclic) bond motifs is 1.